The van der Waals surface area contributed by atoms with Crippen LogP contribution in [0.5, 0.6) is 0 Å². The number of benzene rings is 1. The van der Waals surface area contributed by atoms with Crippen molar-refractivity contribution in [3.63, 3.8) is 0 Å². The maximum atomic E-state index is 12.1. The summed E-state index contributed by atoms with van der Waals surface area (Å²) in [5.74, 6) is -1.32. The average Bonchev–Trinajstić information content (AvgIpc) is 2.71. The summed E-state index contributed by atoms with van der Waals surface area (Å²) in [4.78, 5) is 24.5. The topological polar surface area (TPSA) is 77.8 Å². The largest absolute Gasteiger partial charge is 0.480 e. The highest BCUT2D eigenvalue weighted by atomic mass is 16.4. The SMILES string of the molecule is Cc1cccc(CC(=O)N2C[C@H](O)C[C@@H]2C(=O)O)c1. The van der Waals surface area contributed by atoms with Crippen molar-refractivity contribution in [3.8, 4) is 0 Å². The maximum absolute atomic E-state index is 12.1. The quantitative estimate of drug-likeness (QED) is 0.836. The second-order valence-corrected chi connectivity index (χ2v) is 4.96. The van der Waals surface area contributed by atoms with Gasteiger partial charge in [-0.3, -0.25) is 4.79 Å². The number of hydrogen-bond donors (Lipinski definition) is 2. The molecule has 0 spiro atoms. The first-order valence-corrected chi connectivity index (χ1v) is 6.23. The minimum absolute atomic E-state index is 0.0988. The molecule has 1 aromatic carbocycles. The second kappa shape index (κ2) is 5.40. The first-order chi connectivity index (χ1) is 8.97. The van der Waals surface area contributed by atoms with Gasteiger partial charge in [0, 0.05) is 13.0 Å². The summed E-state index contributed by atoms with van der Waals surface area (Å²) in [7, 11) is 0. The van der Waals surface area contributed by atoms with Crippen molar-refractivity contribution in [2.75, 3.05) is 6.54 Å². The van der Waals surface area contributed by atoms with Gasteiger partial charge in [0.15, 0.2) is 0 Å². The molecule has 0 aliphatic carbocycles. The molecule has 1 heterocycles. The molecule has 1 amide bonds. The van der Waals surface area contributed by atoms with Crippen LogP contribution in [-0.2, 0) is 16.0 Å². The summed E-state index contributed by atoms with van der Waals surface area (Å²) in [5, 5.41) is 18.6. The van der Waals surface area contributed by atoms with E-state index in [2.05, 4.69) is 0 Å². The Hall–Kier alpha value is -1.88. The van der Waals surface area contributed by atoms with Crippen LogP contribution in [0, 0.1) is 6.92 Å². The summed E-state index contributed by atoms with van der Waals surface area (Å²) in [6.45, 7) is 2.04. The van der Waals surface area contributed by atoms with Gasteiger partial charge in [-0.15, -0.1) is 0 Å². The van der Waals surface area contributed by atoms with E-state index in [0.29, 0.717) is 0 Å². The molecule has 1 saturated heterocycles. The third kappa shape index (κ3) is 3.12. The van der Waals surface area contributed by atoms with Crippen LogP contribution in [0.4, 0.5) is 0 Å². The molecular weight excluding hydrogens is 246 g/mol. The normalized spacial score (nSPS) is 22.5. The lowest BCUT2D eigenvalue weighted by Crippen LogP contribution is -2.41. The lowest BCUT2D eigenvalue weighted by atomic mass is 10.1. The summed E-state index contributed by atoms with van der Waals surface area (Å²) in [6.07, 6.45) is -0.477. The lowest BCUT2D eigenvalue weighted by Gasteiger charge is -2.21. The van der Waals surface area contributed by atoms with Gasteiger partial charge < -0.3 is 15.1 Å². The summed E-state index contributed by atoms with van der Waals surface area (Å²) < 4.78 is 0. The number of carboxylic acids is 1. The smallest absolute Gasteiger partial charge is 0.326 e. The molecule has 2 atom stereocenters. The fourth-order valence-electron chi connectivity index (χ4n) is 2.42. The Bertz CT molecular complexity index is 500. The van der Waals surface area contributed by atoms with Crippen LogP contribution < -0.4 is 0 Å². The summed E-state index contributed by atoms with van der Waals surface area (Å²) in [5.41, 5.74) is 1.91. The third-order valence-corrected chi connectivity index (χ3v) is 3.32. The highest BCUT2D eigenvalue weighted by Gasteiger charge is 2.38. The van der Waals surface area contributed by atoms with E-state index < -0.39 is 18.1 Å². The van der Waals surface area contributed by atoms with Gasteiger partial charge in [0.05, 0.1) is 12.5 Å². The molecule has 2 N–H and O–H groups in total. The zero-order valence-corrected chi connectivity index (χ0v) is 10.7. The van der Waals surface area contributed by atoms with Crippen LogP contribution in [0.25, 0.3) is 0 Å². The molecule has 1 aromatic rings. The molecule has 0 bridgehead atoms. The highest BCUT2D eigenvalue weighted by Crippen LogP contribution is 2.19. The van der Waals surface area contributed by atoms with E-state index >= 15 is 0 Å². The highest BCUT2D eigenvalue weighted by molar-refractivity contribution is 5.85. The minimum Gasteiger partial charge on any atom is -0.480 e. The van der Waals surface area contributed by atoms with Crippen LogP contribution in [0.3, 0.4) is 0 Å². The third-order valence-electron chi connectivity index (χ3n) is 3.32. The van der Waals surface area contributed by atoms with Crippen molar-refractivity contribution < 1.29 is 19.8 Å². The van der Waals surface area contributed by atoms with Crippen LogP contribution in [-0.4, -0.2) is 45.7 Å². The van der Waals surface area contributed by atoms with Crippen molar-refractivity contribution in [2.45, 2.75) is 31.9 Å². The number of carbonyl (C=O) groups excluding carboxylic acids is 1. The van der Waals surface area contributed by atoms with Crippen LogP contribution in [0.1, 0.15) is 17.5 Å². The van der Waals surface area contributed by atoms with E-state index in [9.17, 15) is 14.7 Å². The molecule has 2 rings (SSSR count). The number of carboxylic acid groups (broad SMARTS) is 1. The molecule has 0 aromatic heterocycles. The predicted octanol–water partition coefficient (Wildman–Crippen LogP) is 0.584. The molecule has 0 unspecified atom stereocenters. The first-order valence-electron chi connectivity index (χ1n) is 6.23. The van der Waals surface area contributed by atoms with Crippen molar-refractivity contribution in [3.05, 3.63) is 35.4 Å². The van der Waals surface area contributed by atoms with E-state index in [1.165, 1.54) is 4.90 Å². The van der Waals surface area contributed by atoms with Gasteiger partial charge in [0.2, 0.25) is 5.91 Å². The lowest BCUT2D eigenvalue weighted by molar-refractivity contribution is -0.148. The zero-order chi connectivity index (χ0) is 14.0. The molecule has 1 aliphatic rings. The van der Waals surface area contributed by atoms with Gasteiger partial charge >= 0.3 is 5.97 Å². The predicted molar refractivity (Wildman–Crippen MR) is 68.6 cm³/mol. The monoisotopic (exact) mass is 263 g/mol. The van der Waals surface area contributed by atoms with Gasteiger partial charge in [-0.05, 0) is 12.5 Å². The number of aryl methyl sites for hydroxylation is 1. The molecule has 0 saturated carbocycles. The van der Waals surface area contributed by atoms with Crippen molar-refractivity contribution in [2.24, 2.45) is 0 Å². The molecule has 1 fully saturated rings. The van der Waals surface area contributed by atoms with E-state index in [-0.39, 0.29) is 25.3 Å². The number of amides is 1. The Labute approximate surface area is 111 Å². The zero-order valence-electron chi connectivity index (χ0n) is 10.7. The Morgan fingerprint density at radius 1 is 1.42 bits per heavy atom. The number of hydrogen-bond acceptors (Lipinski definition) is 3. The summed E-state index contributed by atoms with van der Waals surface area (Å²) >= 11 is 0. The standard InChI is InChI=1S/C14H17NO4/c1-9-3-2-4-10(5-9)6-13(17)15-8-11(16)7-12(15)14(18)19/h2-5,11-12,16H,6-8H2,1H3,(H,18,19)/t11-,12-/m1/s1. The minimum atomic E-state index is -1.06. The Morgan fingerprint density at radius 2 is 2.16 bits per heavy atom. The molecule has 102 valence electrons. The van der Waals surface area contributed by atoms with E-state index in [1.54, 1.807) is 0 Å². The first kappa shape index (κ1) is 13.5. The van der Waals surface area contributed by atoms with E-state index in [4.69, 9.17) is 5.11 Å². The van der Waals surface area contributed by atoms with Crippen molar-refractivity contribution in [1.82, 2.24) is 4.90 Å². The van der Waals surface area contributed by atoms with Crippen molar-refractivity contribution >= 4 is 11.9 Å². The average molecular weight is 263 g/mol. The van der Waals surface area contributed by atoms with Crippen LogP contribution >= 0.6 is 0 Å². The van der Waals surface area contributed by atoms with Gasteiger partial charge in [-0.25, -0.2) is 4.79 Å². The van der Waals surface area contributed by atoms with E-state index in [1.807, 2.05) is 31.2 Å². The molecule has 5 heteroatoms. The fraction of sp³-hybridized carbons (Fsp3) is 0.429. The van der Waals surface area contributed by atoms with Crippen LogP contribution in [0.15, 0.2) is 24.3 Å². The van der Waals surface area contributed by atoms with Crippen molar-refractivity contribution in [1.29, 1.82) is 0 Å². The summed E-state index contributed by atoms with van der Waals surface area (Å²) in [6, 6.07) is 6.64. The van der Waals surface area contributed by atoms with Gasteiger partial charge in [0.25, 0.3) is 0 Å². The molecule has 5 nitrogen and oxygen atoms in total. The molecule has 0 radical (unpaired) electrons. The number of aliphatic carboxylic acids is 1. The Morgan fingerprint density at radius 3 is 2.79 bits per heavy atom. The number of aliphatic hydroxyl groups excluding tert-OH is 1. The van der Waals surface area contributed by atoms with Gasteiger partial charge in [0.1, 0.15) is 6.04 Å². The molecule has 1 aliphatic heterocycles. The Kier molecular flexibility index (Phi) is 3.85. The number of rotatable bonds is 3. The molecular formula is C14H17NO4. The van der Waals surface area contributed by atoms with E-state index in [0.717, 1.165) is 11.1 Å². The fourth-order valence-corrected chi connectivity index (χ4v) is 2.42. The second-order valence-electron chi connectivity index (χ2n) is 4.96. The number of likely N-dealkylation sites (tertiary alicyclic amines) is 1. The number of aliphatic hydroxyl groups is 1. The maximum Gasteiger partial charge on any atom is 0.326 e. The van der Waals surface area contributed by atoms with Crippen LogP contribution in [0.2, 0.25) is 0 Å². The van der Waals surface area contributed by atoms with Gasteiger partial charge in [-0.1, -0.05) is 29.8 Å². The van der Waals surface area contributed by atoms with Gasteiger partial charge in [-0.2, -0.15) is 0 Å². The number of nitrogens with zero attached hydrogens (tertiary/aromatic N) is 1. The number of carbonyl (C=O) groups is 2. The molecule has 19 heavy (non-hydrogen) atoms. The number of β-amino-alcohol motifs (C(OH)–C–C–N with tert-alkyl or cyclic N) is 1. The Balaban J connectivity index is 2.09.